The number of halogens is 2. The fraction of sp³-hybridized carbons (Fsp3) is 0.286. The first-order chi connectivity index (χ1) is 9.69. The highest BCUT2D eigenvalue weighted by Gasteiger charge is 2.13. The Labute approximate surface area is 134 Å². The molecule has 3 nitrogen and oxygen atoms in total. The zero-order chi connectivity index (χ0) is 14.1. The Kier molecular flexibility index (Phi) is 4.10. The summed E-state index contributed by atoms with van der Waals surface area (Å²) in [5.41, 5.74) is 5.12. The van der Waals surface area contributed by atoms with E-state index in [0.29, 0.717) is 5.88 Å². The summed E-state index contributed by atoms with van der Waals surface area (Å²) in [5, 5.41) is 0. The zero-order valence-corrected chi connectivity index (χ0v) is 14.1. The van der Waals surface area contributed by atoms with Gasteiger partial charge in [0.2, 0.25) is 0 Å². The van der Waals surface area contributed by atoms with E-state index in [1.807, 2.05) is 24.6 Å². The molecule has 0 fully saturated rings. The van der Waals surface area contributed by atoms with Crippen LogP contribution in [0.2, 0.25) is 0 Å². The van der Waals surface area contributed by atoms with Crippen LogP contribution in [0, 0.1) is 6.92 Å². The number of aryl methyl sites for hydroxylation is 2. The van der Waals surface area contributed by atoms with Crippen molar-refractivity contribution in [2.24, 2.45) is 0 Å². The average molecular weight is 371 g/mol. The molecule has 0 N–H and O–H groups in total. The van der Waals surface area contributed by atoms with E-state index in [9.17, 15) is 0 Å². The second-order valence-electron chi connectivity index (χ2n) is 4.55. The van der Waals surface area contributed by atoms with E-state index in [2.05, 4.69) is 31.5 Å². The van der Waals surface area contributed by atoms with E-state index in [0.717, 1.165) is 40.0 Å². The number of imidazole rings is 1. The lowest BCUT2D eigenvalue weighted by Crippen LogP contribution is -2.05. The maximum atomic E-state index is 5.91. The van der Waals surface area contributed by atoms with Crippen LogP contribution < -0.4 is 0 Å². The van der Waals surface area contributed by atoms with Gasteiger partial charge in [-0.3, -0.25) is 0 Å². The molecule has 0 saturated carbocycles. The molecular formula is C14H13BrClN3S. The van der Waals surface area contributed by atoms with Crippen LogP contribution in [-0.4, -0.2) is 20.4 Å². The van der Waals surface area contributed by atoms with Crippen molar-refractivity contribution in [1.82, 2.24) is 14.5 Å². The second kappa shape index (κ2) is 5.84. The quantitative estimate of drug-likeness (QED) is 0.638. The van der Waals surface area contributed by atoms with Gasteiger partial charge in [-0.1, -0.05) is 15.9 Å². The Morgan fingerprint density at radius 1 is 1.40 bits per heavy atom. The highest BCUT2D eigenvalue weighted by Crippen LogP contribution is 2.24. The van der Waals surface area contributed by atoms with Crippen LogP contribution in [-0.2, 0) is 13.0 Å². The van der Waals surface area contributed by atoms with Gasteiger partial charge in [-0.05, 0) is 25.1 Å². The molecule has 0 aliphatic carbocycles. The van der Waals surface area contributed by atoms with Gasteiger partial charge in [-0.25, -0.2) is 9.97 Å². The summed E-state index contributed by atoms with van der Waals surface area (Å²) in [5.74, 6) is 1.60. The minimum Gasteiger partial charge on any atom is -0.323 e. The predicted octanol–water partition coefficient (Wildman–Crippen LogP) is 4.39. The van der Waals surface area contributed by atoms with Gasteiger partial charge in [-0.15, -0.1) is 22.9 Å². The number of fused-ring (bicyclic) bond motifs is 1. The van der Waals surface area contributed by atoms with Crippen LogP contribution in [0.4, 0.5) is 0 Å². The van der Waals surface area contributed by atoms with E-state index in [1.54, 1.807) is 11.3 Å². The Balaban J connectivity index is 2.12. The summed E-state index contributed by atoms with van der Waals surface area (Å²) < 4.78 is 3.30. The molecule has 3 rings (SSSR count). The van der Waals surface area contributed by atoms with Crippen molar-refractivity contribution < 1.29 is 0 Å². The Hall–Kier alpha value is -0.910. The van der Waals surface area contributed by atoms with Crippen molar-refractivity contribution in [3.63, 3.8) is 0 Å². The SMILES string of the molecule is Cc1ncsc1Cn1c(CCCl)nc2ccc(Br)cc21. The molecule has 0 spiro atoms. The molecule has 2 heterocycles. The van der Waals surface area contributed by atoms with Crippen molar-refractivity contribution >= 4 is 49.9 Å². The molecule has 0 aliphatic heterocycles. The van der Waals surface area contributed by atoms with Crippen LogP contribution in [0.3, 0.4) is 0 Å². The highest BCUT2D eigenvalue weighted by atomic mass is 79.9. The van der Waals surface area contributed by atoms with Crippen LogP contribution >= 0.6 is 38.9 Å². The smallest absolute Gasteiger partial charge is 0.111 e. The van der Waals surface area contributed by atoms with E-state index in [4.69, 9.17) is 16.6 Å². The van der Waals surface area contributed by atoms with Crippen molar-refractivity contribution in [1.29, 1.82) is 0 Å². The third kappa shape index (κ3) is 2.62. The second-order valence-corrected chi connectivity index (χ2v) is 6.78. The van der Waals surface area contributed by atoms with E-state index >= 15 is 0 Å². The molecule has 6 heteroatoms. The van der Waals surface area contributed by atoms with Crippen molar-refractivity contribution in [3.05, 3.63) is 44.6 Å². The Bertz CT molecular complexity index is 750. The molecule has 0 saturated heterocycles. The number of aromatic nitrogens is 3. The van der Waals surface area contributed by atoms with Crippen LogP contribution in [0.15, 0.2) is 28.2 Å². The molecule has 20 heavy (non-hydrogen) atoms. The molecule has 0 unspecified atom stereocenters. The van der Waals surface area contributed by atoms with Gasteiger partial charge in [0.1, 0.15) is 5.82 Å². The maximum Gasteiger partial charge on any atom is 0.111 e. The fourth-order valence-electron chi connectivity index (χ4n) is 2.22. The molecule has 2 aromatic heterocycles. The summed E-state index contributed by atoms with van der Waals surface area (Å²) in [4.78, 5) is 10.3. The number of rotatable bonds is 4. The van der Waals surface area contributed by atoms with Crippen LogP contribution in [0.5, 0.6) is 0 Å². The number of hydrogen-bond acceptors (Lipinski definition) is 3. The van der Waals surface area contributed by atoms with Gasteiger partial charge in [-0.2, -0.15) is 0 Å². The average Bonchev–Trinajstić information content (AvgIpc) is 2.96. The van der Waals surface area contributed by atoms with Gasteiger partial charge >= 0.3 is 0 Å². The first-order valence-electron chi connectivity index (χ1n) is 6.28. The van der Waals surface area contributed by atoms with Gasteiger partial charge in [0, 0.05) is 21.7 Å². The highest BCUT2D eigenvalue weighted by molar-refractivity contribution is 9.10. The number of benzene rings is 1. The summed E-state index contributed by atoms with van der Waals surface area (Å²) in [6.45, 7) is 2.85. The van der Waals surface area contributed by atoms with Crippen LogP contribution in [0.25, 0.3) is 11.0 Å². The summed E-state index contributed by atoms with van der Waals surface area (Å²) in [6, 6.07) is 6.16. The third-order valence-corrected chi connectivity index (χ3v) is 4.86. The molecule has 104 valence electrons. The molecular weight excluding hydrogens is 358 g/mol. The molecule has 0 bridgehead atoms. The monoisotopic (exact) mass is 369 g/mol. The molecule has 0 atom stereocenters. The Morgan fingerprint density at radius 2 is 2.25 bits per heavy atom. The zero-order valence-electron chi connectivity index (χ0n) is 10.9. The van der Waals surface area contributed by atoms with E-state index in [-0.39, 0.29) is 0 Å². The summed E-state index contributed by atoms with van der Waals surface area (Å²) in [7, 11) is 0. The predicted molar refractivity (Wildman–Crippen MR) is 87.8 cm³/mol. The summed E-state index contributed by atoms with van der Waals surface area (Å²) >= 11 is 11.1. The third-order valence-electron chi connectivity index (χ3n) is 3.25. The Morgan fingerprint density at radius 3 is 2.95 bits per heavy atom. The van der Waals surface area contributed by atoms with E-state index < -0.39 is 0 Å². The normalized spacial score (nSPS) is 11.3. The topological polar surface area (TPSA) is 30.7 Å². The maximum absolute atomic E-state index is 5.91. The van der Waals surface area contributed by atoms with Gasteiger partial charge in [0.25, 0.3) is 0 Å². The van der Waals surface area contributed by atoms with Crippen molar-refractivity contribution in [2.75, 3.05) is 5.88 Å². The van der Waals surface area contributed by atoms with Crippen LogP contribution in [0.1, 0.15) is 16.4 Å². The molecule has 1 aromatic carbocycles. The lowest BCUT2D eigenvalue weighted by molar-refractivity contribution is 0.758. The standard InChI is InChI=1S/C14H13BrClN3S/c1-9-13(20-8-17-9)7-19-12-6-10(15)2-3-11(12)18-14(19)4-5-16/h2-3,6,8H,4-5,7H2,1H3. The first-order valence-corrected chi connectivity index (χ1v) is 8.49. The largest absolute Gasteiger partial charge is 0.323 e. The number of nitrogens with zero attached hydrogens (tertiary/aromatic N) is 3. The fourth-order valence-corrected chi connectivity index (χ4v) is 3.50. The molecule has 3 aromatic rings. The van der Waals surface area contributed by atoms with Gasteiger partial charge in [0.15, 0.2) is 0 Å². The first kappa shape index (κ1) is 14.0. The lowest BCUT2D eigenvalue weighted by Gasteiger charge is -2.07. The number of hydrogen-bond donors (Lipinski definition) is 0. The van der Waals surface area contributed by atoms with E-state index in [1.165, 1.54) is 4.88 Å². The lowest BCUT2D eigenvalue weighted by atomic mass is 10.3. The van der Waals surface area contributed by atoms with Crippen molar-refractivity contribution in [2.45, 2.75) is 19.9 Å². The number of thiazole rings is 1. The van der Waals surface area contributed by atoms with Gasteiger partial charge < -0.3 is 4.57 Å². The molecule has 0 amide bonds. The van der Waals surface area contributed by atoms with Crippen molar-refractivity contribution in [3.8, 4) is 0 Å². The minimum absolute atomic E-state index is 0.576. The molecule has 0 radical (unpaired) electrons. The van der Waals surface area contributed by atoms with Gasteiger partial charge in [0.05, 0.1) is 28.8 Å². The minimum atomic E-state index is 0.576. The summed E-state index contributed by atoms with van der Waals surface area (Å²) in [6.07, 6.45) is 0.770. The number of alkyl halides is 1. The molecule has 0 aliphatic rings.